The second-order valence-corrected chi connectivity index (χ2v) is 3.17. The van der Waals surface area contributed by atoms with Gasteiger partial charge in [0.25, 0.3) is 0 Å². The molecule has 3 nitrogen and oxygen atoms in total. The second kappa shape index (κ2) is 4.33. The van der Waals surface area contributed by atoms with Gasteiger partial charge in [0.2, 0.25) is 0 Å². The number of aromatic nitrogens is 2. The molecule has 13 heavy (non-hydrogen) atoms. The summed E-state index contributed by atoms with van der Waals surface area (Å²) in [7, 11) is 1.94. The highest BCUT2D eigenvalue weighted by molar-refractivity contribution is 5.24. The molecule has 0 aromatic carbocycles. The van der Waals surface area contributed by atoms with Crippen molar-refractivity contribution in [1.82, 2.24) is 15.3 Å². The van der Waals surface area contributed by atoms with Gasteiger partial charge in [0, 0.05) is 29.9 Å². The van der Waals surface area contributed by atoms with Gasteiger partial charge in [0.1, 0.15) is 5.82 Å². The van der Waals surface area contributed by atoms with E-state index in [9.17, 15) is 0 Å². The van der Waals surface area contributed by atoms with Crippen LogP contribution in [0, 0.1) is 13.8 Å². The largest absolute Gasteiger partial charge is 0.316 e. The fourth-order valence-corrected chi connectivity index (χ4v) is 1.40. The summed E-state index contributed by atoms with van der Waals surface area (Å²) < 4.78 is 0. The van der Waals surface area contributed by atoms with Gasteiger partial charge in [-0.1, -0.05) is 6.92 Å². The molecular weight excluding hydrogens is 162 g/mol. The van der Waals surface area contributed by atoms with Gasteiger partial charge >= 0.3 is 0 Å². The van der Waals surface area contributed by atoms with Gasteiger partial charge in [-0.15, -0.1) is 0 Å². The van der Waals surface area contributed by atoms with Gasteiger partial charge in [-0.2, -0.15) is 0 Å². The average Bonchev–Trinajstić information content (AvgIpc) is 2.11. The normalized spacial score (nSPS) is 10.5. The maximum absolute atomic E-state index is 4.42. The van der Waals surface area contributed by atoms with Crippen LogP contribution in [0.25, 0.3) is 0 Å². The SMILES string of the molecule is CCc1nc(C)c(CNC)c(C)n1. The zero-order valence-corrected chi connectivity index (χ0v) is 8.81. The van der Waals surface area contributed by atoms with E-state index in [-0.39, 0.29) is 0 Å². The second-order valence-electron chi connectivity index (χ2n) is 3.17. The van der Waals surface area contributed by atoms with Gasteiger partial charge in [0.05, 0.1) is 0 Å². The number of nitrogens with one attached hydrogen (secondary N) is 1. The molecule has 1 aromatic heterocycles. The van der Waals surface area contributed by atoms with Crippen LogP contribution in [0.2, 0.25) is 0 Å². The fraction of sp³-hybridized carbons (Fsp3) is 0.600. The summed E-state index contributed by atoms with van der Waals surface area (Å²) in [6.07, 6.45) is 0.904. The van der Waals surface area contributed by atoms with Crippen molar-refractivity contribution in [1.29, 1.82) is 0 Å². The smallest absolute Gasteiger partial charge is 0.128 e. The molecular formula is C10H17N3. The van der Waals surface area contributed by atoms with Gasteiger partial charge in [-0.25, -0.2) is 9.97 Å². The van der Waals surface area contributed by atoms with Crippen LogP contribution in [0.1, 0.15) is 29.7 Å². The Bertz CT molecular complexity index is 271. The molecule has 1 rings (SSSR count). The lowest BCUT2D eigenvalue weighted by atomic mass is 10.1. The van der Waals surface area contributed by atoms with E-state index in [1.165, 1.54) is 5.56 Å². The van der Waals surface area contributed by atoms with Crippen LogP contribution in [-0.4, -0.2) is 17.0 Å². The minimum Gasteiger partial charge on any atom is -0.316 e. The van der Waals surface area contributed by atoms with Gasteiger partial charge < -0.3 is 5.32 Å². The molecule has 0 aliphatic heterocycles. The lowest BCUT2D eigenvalue weighted by Crippen LogP contribution is -2.12. The fourth-order valence-electron chi connectivity index (χ4n) is 1.40. The van der Waals surface area contributed by atoms with E-state index in [2.05, 4.69) is 22.2 Å². The summed E-state index contributed by atoms with van der Waals surface area (Å²) in [5.41, 5.74) is 3.41. The molecule has 0 saturated carbocycles. The molecule has 0 aliphatic rings. The standard InChI is InChI=1S/C10H17N3/c1-5-10-12-7(2)9(6-11-4)8(3)13-10/h11H,5-6H2,1-4H3. The number of rotatable bonds is 3. The van der Waals surface area contributed by atoms with E-state index < -0.39 is 0 Å². The van der Waals surface area contributed by atoms with Crippen molar-refractivity contribution < 1.29 is 0 Å². The Morgan fingerprint density at radius 2 is 1.69 bits per heavy atom. The summed E-state index contributed by atoms with van der Waals surface area (Å²) in [5, 5.41) is 3.12. The van der Waals surface area contributed by atoms with Crippen molar-refractivity contribution in [3.63, 3.8) is 0 Å². The maximum Gasteiger partial charge on any atom is 0.128 e. The number of hydrogen-bond acceptors (Lipinski definition) is 3. The molecule has 0 bridgehead atoms. The Labute approximate surface area is 79.6 Å². The molecule has 0 fully saturated rings. The molecule has 0 saturated heterocycles. The van der Waals surface area contributed by atoms with Crippen LogP contribution < -0.4 is 5.32 Å². The molecule has 0 unspecified atom stereocenters. The van der Waals surface area contributed by atoms with Crippen molar-refractivity contribution in [2.24, 2.45) is 0 Å². The van der Waals surface area contributed by atoms with Gasteiger partial charge in [0.15, 0.2) is 0 Å². The van der Waals surface area contributed by atoms with Crippen LogP contribution in [0.15, 0.2) is 0 Å². The Kier molecular flexibility index (Phi) is 3.37. The van der Waals surface area contributed by atoms with E-state index in [0.717, 1.165) is 30.2 Å². The quantitative estimate of drug-likeness (QED) is 0.761. The van der Waals surface area contributed by atoms with Crippen molar-refractivity contribution in [3.05, 3.63) is 22.8 Å². The van der Waals surface area contributed by atoms with Crippen LogP contribution in [-0.2, 0) is 13.0 Å². The van der Waals surface area contributed by atoms with E-state index in [4.69, 9.17) is 0 Å². The van der Waals surface area contributed by atoms with Crippen molar-refractivity contribution in [2.45, 2.75) is 33.7 Å². The maximum atomic E-state index is 4.42. The van der Waals surface area contributed by atoms with Crippen LogP contribution >= 0.6 is 0 Å². The Hall–Kier alpha value is -0.960. The molecule has 1 N–H and O–H groups in total. The molecule has 1 aromatic rings. The Morgan fingerprint density at radius 1 is 1.15 bits per heavy atom. The third kappa shape index (κ3) is 2.25. The zero-order chi connectivity index (χ0) is 9.84. The molecule has 0 radical (unpaired) electrons. The predicted octanol–water partition coefficient (Wildman–Crippen LogP) is 1.38. The number of nitrogens with zero attached hydrogens (tertiary/aromatic N) is 2. The van der Waals surface area contributed by atoms with E-state index >= 15 is 0 Å². The van der Waals surface area contributed by atoms with Gasteiger partial charge in [-0.05, 0) is 20.9 Å². The zero-order valence-electron chi connectivity index (χ0n) is 8.81. The van der Waals surface area contributed by atoms with Crippen LogP contribution in [0.3, 0.4) is 0 Å². The van der Waals surface area contributed by atoms with E-state index in [1.54, 1.807) is 0 Å². The minimum atomic E-state index is 0.849. The molecule has 0 spiro atoms. The molecule has 1 heterocycles. The first kappa shape index (κ1) is 10.1. The minimum absolute atomic E-state index is 0.849. The lowest BCUT2D eigenvalue weighted by Gasteiger charge is -2.09. The summed E-state index contributed by atoms with van der Waals surface area (Å²) in [6.45, 7) is 7.01. The summed E-state index contributed by atoms with van der Waals surface area (Å²) in [5.74, 6) is 0.940. The van der Waals surface area contributed by atoms with Crippen LogP contribution in [0.5, 0.6) is 0 Å². The summed E-state index contributed by atoms with van der Waals surface area (Å²) in [6, 6.07) is 0. The summed E-state index contributed by atoms with van der Waals surface area (Å²) >= 11 is 0. The van der Waals surface area contributed by atoms with Crippen LogP contribution in [0.4, 0.5) is 0 Å². The molecule has 0 atom stereocenters. The first-order valence-corrected chi connectivity index (χ1v) is 4.66. The van der Waals surface area contributed by atoms with E-state index in [1.807, 2.05) is 20.9 Å². The third-order valence-electron chi connectivity index (χ3n) is 2.14. The first-order chi connectivity index (χ1) is 6.19. The Morgan fingerprint density at radius 3 is 2.08 bits per heavy atom. The lowest BCUT2D eigenvalue weighted by molar-refractivity contribution is 0.770. The average molecular weight is 179 g/mol. The Balaban J connectivity index is 3.07. The van der Waals surface area contributed by atoms with Crippen molar-refractivity contribution >= 4 is 0 Å². The monoisotopic (exact) mass is 179 g/mol. The summed E-state index contributed by atoms with van der Waals surface area (Å²) in [4.78, 5) is 8.84. The molecule has 0 aliphatic carbocycles. The van der Waals surface area contributed by atoms with E-state index in [0.29, 0.717) is 0 Å². The van der Waals surface area contributed by atoms with Gasteiger partial charge in [-0.3, -0.25) is 0 Å². The van der Waals surface area contributed by atoms with Crippen molar-refractivity contribution in [3.8, 4) is 0 Å². The highest BCUT2D eigenvalue weighted by Crippen LogP contribution is 2.09. The third-order valence-corrected chi connectivity index (χ3v) is 2.14. The highest BCUT2D eigenvalue weighted by atomic mass is 14.9. The molecule has 72 valence electrons. The molecule has 0 amide bonds. The highest BCUT2D eigenvalue weighted by Gasteiger charge is 2.05. The number of hydrogen-bond donors (Lipinski definition) is 1. The van der Waals surface area contributed by atoms with Crippen molar-refractivity contribution in [2.75, 3.05) is 7.05 Å². The predicted molar refractivity (Wildman–Crippen MR) is 53.6 cm³/mol. The topological polar surface area (TPSA) is 37.8 Å². The molecule has 3 heteroatoms. The first-order valence-electron chi connectivity index (χ1n) is 4.66. The number of aryl methyl sites for hydroxylation is 3.